The molecule has 1 aromatic rings. The number of hydrogen-bond donors (Lipinski definition) is 0. The van der Waals surface area contributed by atoms with E-state index in [1.807, 2.05) is 0 Å². The number of hydrogen-bond acceptors (Lipinski definition) is 3. The lowest BCUT2D eigenvalue weighted by Gasteiger charge is -2.04. The van der Waals surface area contributed by atoms with Crippen LogP contribution in [0.5, 0.6) is 0 Å². The van der Waals surface area contributed by atoms with Crippen LogP contribution in [0.15, 0.2) is 0 Å². The maximum Gasteiger partial charge on any atom is 0.435 e. The van der Waals surface area contributed by atoms with Gasteiger partial charge in [0.1, 0.15) is 0 Å². The molecule has 16 heavy (non-hydrogen) atoms. The van der Waals surface area contributed by atoms with E-state index in [1.54, 1.807) is 0 Å². The van der Waals surface area contributed by atoms with E-state index in [9.17, 15) is 18.0 Å². The van der Waals surface area contributed by atoms with Gasteiger partial charge in [0.15, 0.2) is 11.5 Å². The average molecular weight is 234 g/mol. The number of carbonyl (C=O) groups excluding carboxylic acids is 1. The third-order valence-electron chi connectivity index (χ3n) is 2.29. The Labute approximate surface area is 89.0 Å². The number of Topliss-reactive ketones (excluding diaryl/α,β-unsaturated/α-hetero) is 1. The Balaban J connectivity index is 2.45. The first-order valence-corrected chi connectivity index (χ1v) is 4.62. The Hall–Kier alpha value is -1.37. The molecule has 0 atom stereocenters. The fourth-order valence-electron chi connectivity index (χ4n) is 1.67. The number of ketones is 1. The highest BCUT2D eigenvalue weighted by atomic mass is 19.4. The molecule has 1 aromatic heterocycles. The minimum absolute atomic E-state index is 0.0498. The van der Waals surface area contributed by atoms with Crippen LogP contribution in [0.1, 0.15) is 23.9 Å². The number of alkyl halides is 3. The molecule has 0 aromatic carbocycles. The zero-order valence-corrected chi connectivity index (χ0v) is 8.47. The van der Waals surface area contributed by atoms with Crippen LogP contribution in [0, 0.1) is 0 Å². The van der Waals surface area contributed by atoms with E-state index in [1.165, 1.54) is 6.92 Å². The molecule has 2 rings (SSSR count). The van der Waals surface area contributed by atoms with Gasteiger partial charge in [0.25, 0.3) is 0 Å². The molecule has 4 nitrogen and oxygen atoms in total. The summed E-state index contributed by atoms with van der Waals surface area (Å²) >= 11 is 0. The fourth-order valence-corrected chi connectivity index (χ4v) is 1.67. The number of carbonyl (C=O) groups is 1. The molecule has 7 heteroatoms. The van der Waals surface area contributed by atoms with E-state index < -0.39 is 11.9 Å². The van der Waals surface area contributed by atoms with Crippen LogP contribution < -0.4 is 0 Å². The van der Waals surface area contributed by atoms with Gasteiger partial charge < -0.3 is 4.74 Å². The Morgan fingerprint density at radius 3 is 2.75 bits per heavy atom. The fraction of sp³-hybridized carbons (Fsp3) is 0.556. The second kappa shape index (κ2) is 3.58. The molecule has 0 radical (unpaired) electrons. The Bertz CT molecular complexity index is 437. The second-order valence-corrected chi connectivity index (χ2v) is 3.62. The van der Waals surface area contributed by atoms with E-state index in [-0.39, 0.29) is 31.1 Å². The molecule has 0 amide bonds. The molecule has 0 bridgehead atoms. The predicted octanol–water partition coefficient (Wildman–Crippen LogP) is 1.52. The van der Waals surface area contributed by atoms with Crippen molar-refractivity contribution in [2.75, 3.05) is 0 Å². The van der Waals surface area contributed by atoms with Crippen molar-refractivity contribution in [3.8, 4) is 0 Å². The van der Waals surface area contributed by atoms with Gasteiger partial charge in [-0.15, -0.1) is 0 Å². The summed E-state index contributed by atoms with van der Waals surface area (Å²) in [5.41, 5.74) is -0.544. The highest BCUT2D eigenvalue weighted by Crippen LogP contribution is 2.35. The van der Waals surface area contributed by atoms with E-state index in [0.29, 0.717) is 5.69 Å². The Morgan fingerprint density at radius 1 is 1.50 bits per heavy atom. The number of rotatable bonds is 2. The first-order chi connectivity index (χ1) is 7.39. The molecular formula is C9H9F3N2O2. The van der Waals surface area contributed by atoms with Crippen molar-refractivity contribution < 1.29 is 22.7 Å². The van der Waals surface area contributed by atoms with E-state index >= 15 is 0 Å². The molecule has 0 unspecified atom stereocenters. The molecule has 1 aliphatic rings. The molecule has 0 N–H and O–H groups in total. The number of fused-ring (bicyclic) bond motifs is 1. The summed E-state index contributed by atoms with van der Waals surface area (Å²) in [5, 5.41) is 3.43. The van der Waals surface area contributed by atoms with Crippen LogP contribution in [0.3, 0.4) is 0 Å². The van der Waals surface area contributed by atoms with Crippen LogP contribution in [-0.2, 0) is 35.5 Å². The van der Waals surface area contributed by atoms with Crippen molar-refractivity contribution >= 4 is 5.78 Å². The zero-order valence-electron chi connectivity index (χ0n) is 8.47. The molecule has 1 aliphatic heterocycles. The molecule has 88 valence electrons. The van der Waals surface area contributed by atoms with Crippen LogP contribution in [0.4, 0.5) is 13.2 Å². The molecule has 0 spiro atoms. The Kier molecular flexibility index (Phi) is 2.49. The van der Waals surface area contributed by atoms with Crippen molar-refractivity contribution in [1.82, 2.24) is 9.78 Å². The van der Waals surface area contributed by atoms with Crippen LogP contribution in [-0.4, -0.2) is 15.6 Å². The van der Waals surface area contributed by atoms with Crippen LogP contribution in [0.2, 0.25) is 0 Å². The summed E-state index contributed by atoms with van der Waals surface area (Å²) in [4.78, 5) is 10.9. The smallest absolute Gasteiger partial charge is 0.370 e. The first kappa shape index (κ1) is 11.1. The monoisotopic (exact) mass is 234 g/mol. The van der Waals surface area contributed by atoms with Crippen molar-refractivity contribution in [2.45, 2.75) is 32.9 Å². The highest BCUT2D eigenvalue weighted by Gasteiger charge is 2.40. The molecule has 0 saturated heterocycles. The van der Waals surface area contributed by atoms with E-state index in [2.05, 4.69) is 5.10 Å². The quantitative estimate of drug-likeness (QED) is 0.779. The molecule has 0 fully saturated rings. The Morgan fingerprint density at radius 2 is 2.19 bits per heavy atom. The van der Waals surface area contributed by atoms with Gasteiger partial charge in [-0.05, 0) is 6.92 Å². The van der Waals surface area contributed by atoms with Gasteiger partial charge in [0.2, 0.25) is 0 Å². The maximum absolute atomic E-state index is 12.6. The number of ether oxygens (including phenoxy) is 1. The van der Waals surface area contributed by atoms with Gasteiger partial charge in [-0.3, -0.25) is 9.48 Å². The summed E-state index contributed by atoms with van der Waals surface area (Å²) in [6.07, 6.45) is -4.50. The number of halogens is 3. The average Bonchev–Trinajstić information content (AvgIpc) is 2.65. The third kappa shape index (κ3) is 1.82. The lowest BCUT2D eigenvalue weighted by molar-refractivity contribution is -0.142. The van der Waals surface area contributed by atoms with Gasteiger partial charge in [0.05, 0.1) is 25.5 Å². The lowest BCUT2D eigenvalue weighted by atomic mass is 10.2. The number of nitrogens with zero attached hydrogens (tertiary/aromatic N) is 2. The minimum atomic E-state index is -4.50. The summed E-state index contributed by atoms with van der Waals surface area (Å²) in [5.74, 6) is -0.245. The molecule has 0 aliphatic carbocycles. The van der Waals surface area contributed by atoms with Crippen LogP contribution in [0.25, 0.3) is 0 Å². The number of aromatic nitrogens is 2. The second-order valence-electron chi connectivity index (χ2n) is 3.62. The van der Waals surface area contributed by atoms with E-state index in [0.717, 1.165) is 4.68 Å². The summed E-state index contributed by atoms with van der Waals surface area (Å²) < 4.78 is 43.8. The summed E-state index contributed by atoms with van der Waals surface area (Å²) in [6.45, 7) is 1.13. The van der Waals surface area contributed by atoms with Crippen molar-refractivity contribution in [3.05, 3.63) is 17.0 Å². The van der Waals surface area contributed by atoms with Gasteiger partial charge in [-0.2, -0.15) is 18.3 Å². The normalized spacial score (nSPS) is 15.2. The van der Waals surface area contributed by atoms with Crippen molar-refractivity contribution in [3.63, 3.8) is 0 Å². The molecule has 0 saturated carbocycles. The van der Waals surface area contributed by atoms with Crippen LogP contribution >= 0.6 is 0 Å². The largest absolute Gasteiger partial charge is 0.435 e. The third-order valence-corrected chi connectivity index (χ3v) is 2.29. The zero-order chi connectivity index (χ0) is 11.9. The van der Waals surface area contributed by atoms with Gasteiger partial charge in [-0.25, -0.2) is 0 Å². The lowest BCUT2D eigenvalue weighted by Crippen LogP contribution is -2.13. The topological polar surface area (TPSA) is 44.1 Å². The predicted molar refractivity (Wildman–Crippen MR) is 46.4 cm³/mol. The van der Waals surface area contributed by atoms with Gasteiger partial charge >= 0.3 is 6.18 Å². The summed E-state index contributed by atoms with van der Waals surface area (Å²) in [7, 11) is 0. The minimum Gasteiger partial charge on any atom is -0.370 e. The maximum atomic E-state index is 12.6. The standard InChI is InChI=1S/C9H9F3N2O2/c1-5(15)2-14-7-4-16-3-6(7)8(13-14)9(10,11)12/h2-4H2,1H3. The van der Waals surface area contributed by atoms with Crippen molar-refractivity contribution in [1.29, 1.82) is 0 Å². The van der Waals surface area contributed by atoms with Crippen molar-refractivity contribution in [2.24, 2.45) is 0 Å². The highest BCUT2D eigenvalue weighted by molar-refractivity contribution is 5.75. The first-order valence-electron chi connectivity index (χ1n) is 4.62. The summed E-state index contributed by atoms with van der Waals surface area (Å²) in [6, 6.07) is 0. The van der Waals surface area contributed by atoms with E-state index in [4.69, 9.17) is 4.74 Å². The molecular weight excluding hydrogens is 225 g/mol. The SMILES string of the molecule is CC(=O)Cn1nc(C(F)(F)F)c2c1COC2. The van der Waals surface area contributed by atoms with Gasteiger partial charge in [-0.1, -0.05) is 0 Å². The van der Waals surface area contributed by atoms with Gasteiger partial charge in [0, 0.05) is 5.56 Å². The molecule has 2 heterocycles.